The summed E-state index contributed by atoms with van der Waals surface area (Å²) in [5.74, 6) is 0. The summed E-state index contributed by atoms with van der Waals surface area (Å²) < 4.78 is 66.0. The van der Waals surface area contributed by atoms with E-state index in [0.29, 0.717) is 63.3 Å². The van der Waals surface area contributed by atoms with Crippen molar-refractivity contribution in [2.45, 2.75) is 99.5 Å². The Morgan fingerprint density at radius 3 is 0.543 bits per heavy atom. The van der Waals surface area contributed by atoms with Gasteiger partial charge in [0.25, 0.3) is 0 Å². The van der Waals surface area contributed by atoms with Gasteiger partial charge in [-0.1, -0.05) is 34.6 Å². The number of hydrogen-bond donors (Lipinski definition) is 0. The maximum absolute atomic E-state index is 6.86. The topological polar surface area (TPSA) is 92.3 Å². The molecule has 0 bridgehead atoms. The Bertz CT molecular complexity index is 477. The Morgan fingerprint density at radius 1 is 0.314 bits per heavy atom. The smallest absolute Gasteiger partial charge is 0.375 e. The van der Waals surface area contributed by atoms with Crippen molar-refractivity contribution in [2.24, 2.45) is 0 Å². The van der Waals surface area contributed by atoms with Crippen LogP contribution in [0.4, 0.5) is 0 Å². The van der Waals surface area contributed by atoms with Gasteiger partial charge in [0.2, 0.25) is 0 Å². The second kappa shape index (κ2) is 15.3. The predicted molar refractivity (Wildman–Crippen MR) is 145 cm³/mol. The van der Waals surface area contributed by atoms with E-state index in [1.165, 1.54) is 0 Å². The minimum atomic E-state index is -3.38. The van der Waals surface area contributed by atoms with E-state index in [9.17, 15) is 0 Å². The van der Waals surface area contributed by atoms with Crippen molar-refractivity contribution >= 4 is 44.0 Å². The van der Waals surface area contributed by atoms with Gasteiger partial charge in [-0.05, 0) is 34.6 Å². The first-order chi connectivity index (χ1) is 16.6. The summed E-state index contributed by atoms with van der Waals surface area (Å²) in [7, 11) is -16.9. The first-order valence-electron chi connectivity index (χ1n) is 13.3. The molecule has 0 aromatic heterocycles. The van der Waals surface area contributed by atoms with Crippen LogP contribution < -0.4 is 0 Å². The SMILES string of the molecule is CCO[Si]1(CC)O[Si](CC)(OCC)O[Si](CC)(OCC)O[Si](CC)(OCC)O[Si](CC)(OCC)O1. The fraction of sp³-hybridized carbons (Fsp3) is 1.00. The minimum absolute atomic E-state index is 0.417. The fourth-order valence-electron chi connectivity index (χ4n) is 3.91. The van der Waals surface area contributed by atoms with Crippen LogP contribution in [0, 0.1) is 0 Å². The Morgan fingerprint density at radius 2 is 0.457 bits per heavy atom. The summed E-state index contributed by atoms with van der Waals surface area (Å²) >= 11 is 0. The molecule has 0 unspecified atom stereocenters. The fourth-order valence-corrected chi connectivity index (χ4v) is 27.5. The molecule has 1 fully saturated rings. The lowest BCUT2D eigenvalue weighted by Crippen LogP contribution is -2.72. The molecular formula is C20H50O10Si5. The Kier molecular flexibility index (Phi) is 14.8. The number of hydrogen-bond acceptors (Lipinski definition) is 10. The molecule has 0 aromatic carbocycles. The molecule has 0 atom stereocenters. The summed E-state index contributed by atoms with van der Waals surface area (Å²) in [5.41, 5.74) is 0. The van der Waals surface area contributed by atoms with E-state index < -0.39 is 44.0 Å². The van der Waals surface area contributed by atoms with Gasteiger partial charge < -0.3 is 42.7 Å². The average molecular weight is 591 g/mol. The highest BCUT2D eigenvalue weighted by atomic mass is 28.6. The Balaban J connectivity index is 3.96. The van der Waals surface area contributed by atoms with Gasteiger partial charge in [-0.2, -0.15) is 0 Å². The lowest BCUT2D eigenvalue weighted by molar-refractivity contribution is 0.0197. The van der Waals surface area contributed by atoms with Crippen LogP contribution in [0.25, 0.3) is 0 Å². The third-order valence-corrected chi connectivity index (χ3v) is 26.0. The van der Waals surface area contributed by atoms with Crippen molar-refractivity contribution in [3.63, 3.8) is 0 Å². The van der Waals surface area contributed by atoms with E-state index in [-0.39, 0.29) is 0 Å². The van der Waals surface area contributed by atoms with Crippen LogP contribution in [0.1, 0.15) is 69.2 Å². The quantitative estimate of drug-likeness (QED) is 0.241. The molecule has 0 saturated carbocycles. The molecule has 1 aliphatic rings. The third-order valence-electron chi connectivity index (χ3n) is 5.54. The van der Waals surface area contributed by atoms with Gasteiger partial charge in [0, 0.05) is 63.3 Å². The van der Waals surface area contributed by atoms with Crippen LogP contribution in [0.2, 0.25) is 30.2 Å². The van der Waals surface area contributed by atoms with E-state index >= 15 is 0 Å². The summed E-state index contributed by atoms with van der Waals surface area (Å²) in [6.45, 7) is 21.8. The number of rotatable bonds is 15. The van der Waals surface area contributed by atoms with Gasteiger partial charge in [0.05, 0.1) is 0 Å². The zero-order valence-corrected chi connectivity index (χ0v) is 28.7. The van der Waals surface area contributed by atoms with Gasteiger partial charge >= 0.3 is 44.0 Å². The van der Waals surface area contributed by atoms with E-state index in [2.05, 4.69) is 0 Å². The average Bonchev–Trinajstić information content (AvgIpc) is 2.84. The molecule has 1 heterocycles. The summed E-state index contributed by atoms with van der Waals surface area (Å²) in [4.78, 5) is 0. The first-order valence-corrected chi connectivity index (χ1v) is 23.0. The molecule has 0 aromatic rings. The normalized spacial score (nSPS) is 36.9. The molecule has 0 aliphatic carbocycles. The van der Waals surface area contributed by atoms with Gasteiger partial charge in [-0.25, -0.2) is 0 Å². The van der Waals surface area contributed by atoms with Crippen LogP contribution in [0.3, 0.4) is 0 Å². The molecule has 0 spiro atoms. The highest BCUT2D eigenvalue weighted by molar-refractivity contribution is 6.89. The lowest BCUT2D eigenvalue weighted by atomic mass is 10.9. The molecule has 1 aliphatic heterocycles. The van der Waals surface area contributed by atoms with E-state index in [4.69, 9.17) is 42.7 Å². The van der Waals surface area contributed by atoms with E-state index in [1.807, 2.05) is 69.2 Å². The molecule has 0 N–H and O–H groups in total. The zero-order valence-electron chi connectivity index (χ0n) is 23.7. The van der Waals surface area contributed by atoms with Crippen LogP contribution in [0.15, 0.2) is 0 Å². The van der Waals surface area contributed by atoms with Gasteiger partial charge in [-0.3, -0.25) is 0 Å². The van der Waals surface area contributed by atoms with Gasteiger partial charge in [0.1, 0.15) is 0 Å². The van der Waals surface area contributed by atoms with Gasteiger partial charge in [0.15, 0.2) is 0 Å². The molecule has 10 nitrogen and oxygen atoms in total. The van der Waals surface area contributed by atoms with Crippen LogP contribution >= 0.6 is 0 Å². The molecule has 1 saturated heterocycles. The molecule has 35 heavy (non-hydrogen) atoms. The third kappa shape index (κ3) is 8.59. The van der Waals surface area contributed by atoms with Crippen LogP contribution in [-0.4, -0.2) is 77.1 Å². The maximum Gasteiger partial charge on any atom is 0.485 e. The Labute approximate surface area is 219 Å². The monoisotopic (exact) mass is 590 g/mol. The van der Waals surface area contributed by atoms with E-state index in [1.54, 1.807) is 0 Å². The highest BCUT2D eigenvalue weighted by Gasteiger charge is 2.66. The van der Waals surface area contributed by atoms with Crippen molar-refractivity contribution in [3.05, 3.63) is 0 Å². The molecular weight excluding hydrogens is 541 g/mol. The largest absolute Gasteiger partial charge is 0.485 e. The van der Waals surface area contributed by atoms with Crippen molar-refractivity contribution < 1.29 is 42.7 Å². The molecule has 0 amide bonds. The standard InChI is InChI=1S/C20H50O10Si5/c1-11-21-31(16-6)26-32(17-7,22-12-2)28-34(19-9,24-14-4)30-35(20-10,25-15-5)29-33(18-8,27-31)23-13-3/h11-20H2,1-10H3. The molecule has 0 radical (unpaired) electrons. The van der Waals surface area contributed by atoms with Crippen molar-refractivity contribution in [1.82, 2.24) is 0 Å². The zero-order chi connectivity index (χ0) is 26.6. The van der Waals surface area contributed by atoms with E-state index in [0.717, 1.165) is 0 Å². The molecule has 1 rings (SSSR count). The maximum atomic E-state index is 6.86. The van der Waals surface area contributed by atoms with Crippen molar-refractivity contribution in [1.29, 1.82) is 0 Å². The minimum Gasteiger partial charge on any atom is -0.375 e. The summed E-state index contributed by atoms with van der Waals surface area (Å²) in [6, 6.07) is 2.58. The molecule has 210 valence electrons. The van der Waals surface area contributed by atoms with Crippen LogP contribution in [-0.2, 0) is 42.7 Å². The second-order valence-electron chi connectivity index (χ2n) is 7.86. The highest BCUT2D eigenvalue weighted by Crippen LogP contribution is 2.39. The van der Waals surface area contributed by atoms with Gasteiger partial charge in [-0.15, -0.1) is 0 Å². The Hall–Kier alpha value is 0.684. The summed E-state index contributed by atoms with van der Waals surface area (Å²) in [5, 5.41) is 0. The lowest BCUT2D eigenvalue weighted by Gasteiger charge is -2.49. The first kappa shape index (κ1) is 33.7. The second-order valence-corrected chi connectivity index (χ2v) is 23.7. The van der Waals surface area contributed by atoms with Crippen LogP contribution in [0.5, 0.6) is 0 Å². The van der Waals surface area contributed by atoms with Crippen molar-refractivity contribution in [3.8, 4) is 0 Å². The predicted octanol–water partition coefficient (Wildman–Crippen LogP) is 5.06. The molecule has 15 heteroatoms. The summed E-state index contributed by atoms with van der Waals surface area (Å²) in [6.07, 6.45) is 0. The van der Waals surface area contributed by atoms with Crippen molar-refractivity contribution in [2.75, 3.05) is 33.0 Å².